The molecule has 0 radical (unpaired) electrons. The number of aryl methyl sites for hydroxylation is 1. The van der Waals surface area contributed by atoms with E-state index in [1.54, 1.807) is 26.0 Å². The summed E-state index contributed by atoms with van der Waals surface area (Å²) in [6, 6.07) is 23.6. The number of benzene rings is 3. The zero-order chi connectivity index (χ0) is 25.2. The number of hydrogen-bond donors (Lipinski definition) is 0. The van der Waals surface area contributed by atoms with Crippen molar-refractivity contribution in [3.63, 3.8) is 0 Å². The molecule has 36 heavy (non-hydrogen) atoms. The quantitative estimate of drug-likeness (QED) is 0.357. The summed E-state index contributed by atoms with van der Waals surface area (Å²) in [6.45, 7) is 0.546. The van der Waals surface area contributed by atoms with Crippen molar-refractivity contribution in [3.8, 4) is 28.5 Å². The van der Waals surface area contributed by atoms with Crippen molar-refractivity contribution in [1.29, 1.82) is 0 Å². The second-order valence-corrected chi connectivity index (χ2v) is 8.71. The molecule has 0 spiro atoms. The van der Waals surface area contributed by atoms with E-state index in [9.17, 15) is 4.79 Å². The minimum absolute atomic E-state index is 0.0194. The molecule has 1 aliphatic rings. The molecule has 2 heterocycles. The van der Waals surface area contributed by atoms with Crippen LogP contribution in [0.3, 0.4) is 0 Å². The minimum atomic E-state index is -0.236. The van der Waals surface area contributed by atoms with Crippen LogP contribution in [-0.4, -0.2) is 48.5 Å². The lowest BCUT2D eigenvalue weighted by atomic mass is 9.96. The van der Waals surface area contributed by atoms with Crippen molar-refractivity contribution < 1.29 is 19.0 Å². The fourth-order valence-corrected chi connectivity index (χ4v) is 4.92. The molecule has 0 saturated heterocycles. The Kier molecular flexibility index (Phi) is 6.38. The Labute approximate surface area is 210 Å². The average molecular weight is 484 g/mol. The number of methoxy groups -OCH3 is 3. The van der Waals surface area contributed by atoms with Crippen molar-refractivity contribution in [1.82, 2.24) is 14.7 Å². The van der Waals surface area contributed by atoms with Gasteiger partial charge in [0, 0.05) is 24.7 Å². The van der Waals surface area contributed by atoms with E-state index in [1.165, 1.54) is 0 Å². The highest BCUT2D eigenvalue weighted by Crippen LogP contribution is 2.43. The standard InChI is InChI=1S/C29H29N3O4/c1-31-28-25(26(30-31)20-11-13-22(34-2)14-12-20)27(21-8-6-5-7-9-21)32(29(28)33)17-16-19-10-15-23(35-3)24(18-19)36-4/h5-15,18,27H,16-17H2,1-4H3/t27-/m1/s1. The van der Waals surface area contributed by atoms with Gasteiger partial charge in [-0.1, -0.05) is 36.4 Å². The number of carbonyl (C=O) groups excluding carboxylic acids is 1. The number of carbonyl (C=O) groups is 1. The first kappa shape index (κ1) is 23.5. The third-order valence-electron chi connectivity index (χ3n) is 6.70. The molecule has 1 atom stereocenters. The molecule has 5 rings (SSSR count). The largest absolute Gasteiger partial charge is 0.497 e. The fourth-order valence-electron chi connectivity index (χ4n) is 4.92. The average Bonchev–Trinajstić information content (AvgIpc) is 3.42. The van der Waals surface area contributed by atoms with Gasteiger partial charge in [0.15, 0.2) is 11.5 Å². The number of ether oxygens (including phenoxy) is 3. The van der Waals surface area contributed by atoms with Crippen LogP contribution in [0.1, 0.15) is 33.2 Å². The van der Waals surface area contributed by atoms with Gasteiger partial charge >= 0.3 is 0 Å². The SMILES string of the molecule is COc1ccc(-c2nn(C)c3c2[C@@H](c2ccccc2)N(CCc2ccc(OC)c(OC)c2)C3=O)cc1. The summed E-state index contributed by atoms with van der Waals surface area (Å²) in [6.07, 6.45) is 0.675. The van der Waals surface area contributed by atoms with Gasteiger partial charge in [0.1, 0.15) is 11.4 Å². The Balaban J connectivity index is 1.54. The molecule has 0 N–H and O–H groups in total. The van der Waals surface area contributed by atoms with Crippen LogP contribution in [0.15, 0.2) is 72.8 Å². The summed E-state index contributed by atoms with van der Waals surface area (Å²) >= 11 is 0. The van der Waals surface area contributed by atoms with Crippen molar-refractivity contribution in [2.75, 3.05) is 27.9 Å². The minimum Gasteiger partial charge on any atom is -0.497 e. The lowest BCUT2D eigenvalue weighted by molar-refractivity contribution is 0.0742. The molecular formula is C29H29N3O4. The van der Waals surface area contributed by atoms with Crippen LogP contribution in [0.25, 0.3) is 11.3 Å². The van der Waals surface area contributed by atoms with Gasteiger partial charge in [-0.15, -0.1) is 0 Å². The van der Waals surface area contributed by atoms with Crippen LogP contribution < -0.4 is 14.2 Å². The molecule has 1 aliphatic heterocycles. The lowest BCUT2D eigenvalue weighted by Crippen LogP contribution is -2.32. The molecule has 0 unspecified atom stereocenters. The zero-order valence-corrected chi connectivity index (χ0v) is 20.9. The van der Waals surface area contributed by atoms with Gasteiger partial charge in [-0.05, 0) is 53.9 Å². The zero-order valence-electron chi connectivity index (χ0n) is 20.9. The maximum atomic E-state index is 13.8. The van der Waals surface area contributed by atoms with Gasteiger partial charge in [0.05, 0.1) is 33.1 Å². The lowest BCUT2D eigenvalue weighted by Gasteiger charge is -2.26. The molecular weight excluding hydrogens is 454 g/mol. The van der Waals surface area contributed by atoms with Gasteiger partial charge in [-0.2, -0.15) is 5.10 Å². The second-order valence-electron chi connectivity index (χ2n) is 8.71. The van der Waals surface area contributed by atoms with E-state index in [0.717, 1.165) is 33.7 Å². The van der Waals surface area contributed by atoms with Crippen LogP contribution in [-0.2, 0) is 13.5 Å². The fraction of sp³-hybridized carbons (Fsp3) is 0.241. The van der Waals surface area contributed by atoms with Crippen molar-refractivity contribution in [2.24, 2.45) is 7.05 Å². The first-order chi connectivity index (χ1) is 17.5. The number of amides is 1. The first-order valence-electron chi connectivity index (χ1n) is 11.8. The summed E-state index contributed by atoms with van der Waals surface area (Å²) < 4.78 is 17.9. The number of hydrogen-bond acceptors (Lipinski definition) is 5. The molecule has 1 aromatic heterocycles. The van der Waals surface area contributed by atoms with E-state index in [0.29, 0.717) is 30.2 Å². The van der Waals surface area contributed by atoms with E-state index in [4.69, 9.17) is 19.3 Å². The summed E-state index contributed by atoms with van der Waals surface area (Å²) in [5.74, 6) is 2.12. The van der Waals surface area contributed by atoms with Crippen molar-refractivity contribution in [2.45, 2.75) is 12.5 Å². The summed E-state index contributed by atoms with van der Waals surface area (Å²) in [5.41, 5.74) is 5.44. The Morgan fingerprint density at radius 2 is 1.58 bits per heavy atom. The second kappa shape index (κ2) is 9.77. The van der Waals surface area contributed by atoms with Crippen LogP contribution in [0.2, 0.25) is 0 Å². The van der Waals surface area contributed by atoms with E-state index in [-0.39, 0.29) is 11.9 Å². The molecule has 4 aromatic rings. The van der Waals surface area contributed by atoms with Crippen molar-refractivity contribution in [3.05, 3.63) is 95.2 Å². The van der Waals surface area contributed by atoms with Crippen molar-refractivity contribution >= 4 is 5.91 Å². The van der Waals surface area contributed by atoms with Crippen LogP contribution in [0.5, 0.6) is 17.2 Å². The predicted molar refractivity (Wildman–Crippen MR) is 138 cm³/mol. The van der Waals surface area contributed by atoms with Gasteiger partial charge in [0.25, 0.3) is 5.91 Å². The molecule has 7 nitrogen and oxygen atoms in total. The molecule has 0 saturated carbocycles. The van der Waals surface area contributed by atoms with E-state index >= 15 is 0 Å². The third kappa shape index (κ3) is 4.06. The van der Waals surface area contributed by atoms with Crippen LogP contribution in [0.4, 0.5) is 0 Å². The third-order valence-corrected chi connectivity index (χ3v) is 6.70. The maximum absolute atomic E-state index is 13.8. The Hall–Kier alpha value is -4.26. The van der Waals surface area contributed by atoms with E-state index < -0.39 is 0 Å². The maximum Gasteiger partial charge on any atom is 0.273 e. The van der Waals surface area contributed by atoms with Gasteiger partial charge in [-0.25, -0.2) is 0 Å². The smallest absolute Gasteiger partial charge is 0.273 e. The predicted octanol–water partition coefficient (Wildman–Crippen LogP) is 4.90. The molecule has 1 amide bonds. The summed E-state index contributed by atoms with van der Waals surface area (Å²) in [4.78, 5) is 15.7. The monoisotopic (exact) mass is 483 g/mol. The Morgan fingerprint density at radius 1 is 0.861 bits per heavy atom. The van der Waals surface area contributed by atoms with Gasteiger partial charge < -0.3 is 19.1 Å². The van der Waals surface area contributed by atoms with Gasteiger partial charge in [0.2, 0.25) is 0 Å². The van der Waals surface area contributed by atoms with Crippen LogP contribution >= 0.6 is 0 Å². The number of aromatic nitrogens is 2. The molecule has 0 aliphatic carbocycles. The highest BCUT2D eigenvalue weighted by atomic mass is 16.5. The molecule has 0 fully saturated rings. The topological polar surface area (TPSA) is 65.8 Å². The van der Waals surface area contributed by atoms with Crippen LogP contribution in [0, 0.1) is 0 Å². The molecule has 3 aromatic carbocycles. The van der Waals surface area contributed by atoms with E-state index in [1.807, 2.05) is 72.6 Å². The summed E-state index contributed by atoms with van der Waals surface area (Å²) in [7, 11) is 6.73. The molecule has 0 bridgehead atoms. The number of nitrogens with zero attached hydrogens (tertiary/aromatic N) is 3. The Morgan fingerprint density at radius 3 is 2.25 bits per heavy atom. The Bertz CT molecular complexity index is 1380. The number of fused-ring (bicyclic) bond motifs is 1. The highest BCUT2D eigenvalue weighted by molar-refractivity contribution is 6.00. The van der Waals surface area contributed by atoms with Gasteiger partial charge in [-0.3, -0.25) is 9.48 Å². The number of rotatable bonds is 8. The first-order valence-corrected chi connectivity index (χ1v) is 11.8. The highest BCUT2D eigenvalue weighted by Gasteiger charge is 2.43. The van der Waals surface area contributed by atoms with E-state index in [2.05, 4.69) is 12.1 Å². The molecule has 184 valence electrons. The molecule has 7 heteroatoms. The normalized spacial score (nSPS) is 14.6. The summed E-state index contributed by atoms with van der Waals surface area (Å²) in [5, 5.41) is 4.78.